The maximum Gasteiger partial charge on any atom is 0.270 e. The molecule has 1 aromatic rings. The summed E-state index contributed by atoms with van der Waals surface area (Å²) in [6, 6.07) is 3.38. The van der Waals surface area contributed by atoms with Gasteiger partial charge in [0.1, 0.15) is 5.69 Å². The van der Waals surface area contributed by atoms with E-state index in [9.17, 15) is 9.90 Å². The maximum absolute atomic E-state index is 12.5. The molecule has 0 radical (unpaired) electrons. The van der Waals surface area contributed by atoms with E-state index in [1.54, 1.807) is 18.1 Å². The van der Waals surface area contributed by atoms with Gasteiger partial charge in [-0.1, -0.05) is 0 Å². The lowest BCUT2D eigenvalue weighted by Gasteiger charge is -2.34. The van der Waals surface area contributed by atoms with Crippen molar-refractivity contribution in [3.05, 3.63) is 24.0 Å². The van der Waals surface area contributed by atoms with Gasteiger partial charge in [-0.2, -0.15) is 0 Å². The van der Waals surface area contributed by atoms with Crippen LogP contribution in [0.1, 0.15) is 10.5 Å². The minimum absolute atomic E-state index is 0.0662. The molecular formula is C13H20N2O4. The molecule has 2 heterocycles. The molecule has 1 fully saturated rings. The summed E-state index contributed by atoms with van der Waals surface area (Å²) in [5.41, 5.74) is 0.623. The van der Waals surface area contributed by atoms with E-state index in [1.165, 1.54) is 0 Å². The first-order chi connectivity index (χ1) is 9.27. The number of aliphatic hydroxyl groups excluding tert-OH is 1. The van der Waals surface area contributed by atoms with Crippen LogP contribution in [0.5, 0.6) is 0 Å². The standard InChI is InChI=1S/C13H20N2O4/c1-18-7-5-14-4-2-3-12(14)13(17)15-6-8-19-10-11(15)9-16/h2-4,11,16H,5-10H2,1H3. The summed E-state index contributed by atoms with van der Waals surface area (Å²) in [6.07, 6.45) is 1.86. The fraction of sp³-hybridized carbons (Fsp3) is 0.615. The van der Waals surface area contributed by atoms with Crippen LogP contribution in [-0.4, -0.2) is 66.6 Å². The molecule has 1 saturated heterocycles. The average molecular weight is 268 g/mol. The number of hydrogen-bond donors (Lipinski definition) is 1. The first kappa shape index (κ1) is 14.0. The molecule has 106 valence electrons. The third-order valence-electron chi connectivity index (χ3n) is 3.28. The van der Waals surface area contributed by atoms with Gasteiger partial charge in [0.15, 0.2) is 0 Å². The molecule has 0 saturated carbocycles. The molecule has 1 unspecified atom stereocenters. The van der Waals surface area contributed by atoms with Crippen LogP contribution >= 0.6 is 0 Å². The van der Waals surface area contributed by atoms with Crippen molar-refractivity contribution >= 4 is 5.91 Å². The third kappa shape index (κ3) is 3.15. The highest BCUT2D eigenvalue weighted by atomic mass is 16.5. The topological polar surface area (TPSA) is 63.9 Å². The van der Waals surface area contributed by atoms with Crippen LogP contribution in [0.25, 0.3) is 0 Å². The summed E-state index contributed by atoms with van der Waals surface area (Å²) >= 11 is 0. The number of methoxy groups -OCH3 is 1. The molecule has 19 heavy (non-hydrogen) atoms. The summed E-state index contributed by atoms with van der Waals surface area (Å²) in [7, 11) is 1.63. The number of amides is 1. The number of carbonyl (C=O) groups is 1. The largest absolute Gasteiger partial charge is 0.394 e. The van der Waals surface area contributed by atoms with E-state index in [1.807, 2.05) is 16.8 Å². The molecule has 6 nitrogen and oxygen atoms in total. The normalized spacial score (nSPS) is 19.7. The Morgan fingerprint density at radius 2 is 2.47 bits per heavy atom. The van der Waals surface area contributed by atoms with Crippen molar-refractivity contribution in [2.24, 2.45) is 0 Å². The minimum atomic E-state index is -0.257. The molecule has 1 atom stereocenters. The van der Waals surface area contributed by atoms with E-state index in [4.69, 9.17) is 9.47 Å². The van der Waals surface area contributed by atoms with Crippen molar-refractivity contribution in [3.63, 3.8) is 0 Å². The highest BCUT2D eigenvalue weighted by Crippen LogP contribution is 2.13. The Bertz CT molecular complexity index is 419. The lowest BCUT2D eigenvalue weighted by molar-refractivity contribution is -0.0189. The Hall–Kier alpha value is -1.37. The summed E-state index contributed by atoms with van der Waals surface area (Å²) < 4.78 is 12.2. The van der Waals surface area contributed by atoms with Crippen molar-refractivity contribution in [2.45, 2.75) is 12.6 Å². The van der Waals surface area contributed by atoms with E-state index < -0.39 is 0 Å². The van der Waals surface area contributed by atoms with E-state index in [0.29, 0.717) is 38.6 Å². The first-order valence-electron chi connectivity index (χ1n) is 6.41. The number of nitrogens with zero attached hydrogens (tertiary/aromatic N) is 2. The highest BCUT2D eigenvalue weighted by Gasteiger charge is 2.28. The SMILES string of the molecule is COCCn1cccc1C(=O)N1CCOCC1CO. The second kappa shape index (κ2) is 6.70. The van der Waals surface area contributed by atoms with Gasteiger partial charge in [0, 0.05) is 26.4 Å². The van der Waals surface area contributed by atoms with Gasteiger partial charge in [-0.3, -0.25) is 4.79 Å². The number of rotatable bonds is 5. The highest BCUT2D eigenvalue weighted by molar-refractivity contribution is 5.93. The first-order valence-corrected chi connectivity index (χ1v) is 6.41. The lowest BCUT2D eigenvalue weighted by atomic mass is 10.2. The quantitative estimate of drug-likeness (QED) is 0.814. The lowest BCUT2D eigenvalue weighted by Crippen LogP contribution is -2.50. The van der Waals surface area contributed by atoms with Gasteiger partial charge in [0.05, 0.1) is 32.5 Å². The predicted octanol–water partition coefficient (Wildman–Crippen LogP) is -0.0322. The average Bonchev–Trinajstić information content (AvgIpc) is 2.92. The minimum Gasteiger partial charge on any atom is -0.394 e. The van der Waals surface area contributed by atoms with Gasteiger partial charge >= 0.3 is 0 Å². The maximum atomic E-state index is 12.5. The smallest absolute Gasteiger partial charge is 0.270 e. The molecule has 0 aliphatic carbocycles. The van der Waals surface area contributed by atoms with Crippen LogP contribution in [0, 0.1) is 0 Å². The van der Waals surface area contributed by atoms with Crippen molar-refractivity contribution in [2.75, 3.05) is 40.1 Å². The van der Waals surface area contributed by atoms with Gasteiger partial charge in [-0.15, -0.1) is 0 Å². The summed E-state index contributed by atoms with van der Waals surface area (Å²) in [5.74, 6) is -0.0662. The summed E-state index contributed by atoms with van der Waals surface area (Å²) in [5, 5.41) is 9.32. The van der Waals surface area contributed by atoms with Crippen molar-refractivity contribution < 1.29 is 19.4 Å². The molecule has 1 aromatic heterocycles. The molecule has 0 spiro atoms. The van der Waals surface area contributed by atoms with Crippen molar-refractivity contribution in [1.29, 1.82) is 0 Å². The van der Waals surface area contributed by atoms with Gasteiger partial charge < -0.3 is 24.0 Å². The Balaban J connectivity index is 2.11. The predicted molar refractivity (Wildman–Crippen MR) is 69.0 cm³/mol. The van der Waals surface area contributed by atoms with Crippen LogP contribution in [0.15, 0.2) is 18.3 Å². The molecule has 0 aromatic carbocycles. The number of aliphatic hydroxyl groups is 1. The molecule has 6 heteroatoms. The van der Waals surface area contributed by atoms with Crippen molar-refractivity contribution in [3.8, 4) is 0 Å². The summed E-state index contributed by atoms with van der Waals surface area (Å²) in [4.78, 5) is 14.2. The molecular weight excluding hydrogens is 248 g/mol. The molecule has 1 aliphatic rings. The zero-order valence-corrected chi connectivity index (χ0v) is 11.1. The number of ether oxygens (including phenoxy) is 2. The molecule has 1 N–H and O–H groups in total. The van der Waals surface area contributed by atoms with Crippen LogP contribution in [0.2, 0.25) is 0 Å². The monoisotopic (exact) mass is 268 g/mol. The molecule has 1 aliphatic heterocycles. The van der Waals surface area contributed by atoms with Crippen LogP contribution in [-0.2, 0) is 16.0 Å². The number of aromatic nitrogens is 1. The van der Waals surface area contributed by atoms with Gasteiger partial charge in [0.25, 0.3) is 5.91 Å². The number of hydrogen-bond acceptors (Lipinski definition) is 4. The Morgan fingerprint density at radius 3 is 3.21 bits per heavy atom. The summed E-state index contributed by atoms with van der Waals surface area (Å²) in [6.45, 7) is 2.53. The van der Waals surface area contributed by atoms with E-state index in [2.05, 4.69) is 0 Å². The second-order valence-corrected chi connectivity index (χ2v) is 4.49. The fourth-order valence-electron chi connectivity index (χ4n) is 2.21. The Morgan fingerprint density at radius 1 is 1.63 bits per heavy atom. The number of carbonyl (C=O) groups excluding carboxylic acids is 1. The molecule has 0 bridgehead atoms. The second-order valence-electron chi connectivity index (χ2n) is 4.49. The van der Waals surface area contributed by atoms with Crippen LogP contribution in [0.4, 0.5) is 0 Å². The van der Waals surface area contributed by atoms with Gasteiger partial charge in [0.2, 0.25) is 0 Å². The number of morpholine rings is 1. The van der Waals surface area contributed by atoms with Gasteiger partial charge in [-0.05, 0) is 12.1 Å². The fourth-order valence-corrected chi connectivity index (χ4v) is 2.21. The molecule has 1 amide bonds. The van der Waals surface area contributed by atoms with E-state index in [0.717, 1.165) is 0 Å². The van der Waals surface area contributed by atoms with Crippen LogP contribution < -0.4 is 0 Å². The zero-order valence-electron chi connectivity index (χ0n) is 11.1. The third-order valence-corrected chi connectivity index (χ3v) is 3.28. The van der Waals surface area contributed by atoms with Crippen molar-refractivity contribution in [1.82, 2.24) is 9.47 Å². The van der Waals surface area contributed by atoms with Crippen LogP contribution in [0.3, 0.4) is 0 Å². The Kier molecular flexibility index (Phi) is 4.95. The van der Waals surface area contributed by atoms with E-state index in [-0.39, 0.29) is 18.6 Å². The Labute approximate surface area is 112 Å². The zero-order chi connectivity index (χ0) is 13.7. The molecule has 2 rings (SSSR count). The van der Waals surface area contributed by atoms with Gasteiger partial charge in [-0.25, -0.2) is 0 Å². The van der Waals surface area contributed by atoms with E-state index >= 15 is 0 Å².